The van der Waals surface area contributed by atoms with Crippen LogP contribution in [0.5, 0.6) is 0 Å². The molecular formula is C17H22Cl2O4. The molecule has 1 fully saturated rings. The molecule has 0 bridgehead atoms. The van der Waals surface area contributed by atoms with Crippen LogP contribution in [0.1, 0.15) is 44.1 Å². The second kappa shape index (κ2) is 9.48. The summed E-state index contributed by atoms with van der Waals surface area (Å²) in [6.45, 7) is 3.28. The smallest absolute Gasteiger partial charge is 0.313 e. The average molecular weight is 361 g/mol. The summed E-state index contributed by atoms with van der Waals surface area (Å²) < 4.78 is 16.4. The molecule has 1 aromatic rings. The lowest BCUT2D eigenvalue weighted by Crippen LogP contribution is -2.24. The lowest BCUT2D eigenvalue weighted by atomic mass is 9.96. The van der Waals surface area contributed by atoms with Gasteiger partial charge in [0.15, 0.2) is 6.29 Å². The maximum absolute atomic E-state index is 12.2. The van der Waals surface area contributed by atoms with Crippen LogP contribution in [-0.2, 0) is 19.0 Å². The summed E-state index contributed by atoms with van der Waals surface area (Å²) in [6.07, 6.45) is 3.43. The van der Waals surface area contributed by atoms with Gasteiger partial charge in [-0.3, -0.25) is 4.79 Å². The number of rotatable bonds is 7. The monoisotopic (exact) mass is 360 g/mol. The normalized spacial score (nSPS) is 19.3. The number of hydrogen-bond acceptors (Lipinski definition) is 4. The molecule has 2 rings (SSSR count). The minimum Gasteiger partial charge on any atom is -0.466 e. The summed E-state index contributed by atoms with van der Waals surface area (Å²) in [7, 11) is 0. The van der Waals surface area contributed by atoms with Crippen LogP contribution in [0.25, 0.3) is 0 Å². The minimum absolute atomic E-state index is 0.166. The van der Waals surface area contributed by atoms with E-state index in [1.807, 2.05) is 0 Å². The second-order valence-corrected chi connectivity index (χ2v) is 6.25. The number of carbonyl (C=O) groups is 1. The van der Waals surface area contributed by atoms with Gasteiger partial charge in [-0.25, -0.2) is 0 Å². The third kappa shape index (κ3) is 5.64. The molecule has 128 valence electrons. The predicted octanol–water partition coefficient (Wildman–Crippen LogP) is 4.57. The van der Waals surface area contributed by atoms with Gasteiger partial charge in [0.1, 0.15) is 0 Å². The molecule has 1 heterocycles. The zero-order valence-corrected chi connectivity index (χ0v) is 14.7. The van der Waals surface area contributed by atoms with E-state index in [2.05, 4.69) is 0 Å². The van der Waals surface area contributed by atoms with E-state index in [-0.39, 0.29) is 12.3 Å². The Labute approximate surface area is 147 Å². The van der Waals surface area contributed by atoms with Gasteiger partial charge in [0.05, 0.1) is 29.2 Å². The van der Waals surface area contributed by atoms with E-state index in [4.69, 9.17) is 37.4 Å². The van der Waals surface area contributed by atoms with Crippen LogP contribution in [0.3, 0.4) is 0 Å². The fourth-order valence-corrected chi connectivity index (χ4v) is 2.86. The number of carbonyl (C=O) groups excluding carboxylic acids is 1. The van der Waals surface area contributed by atoms with Crippen LogP contribution in [0.4, 0.5) is 0 Å². The van der Waals surface area contributed by atoms with Crippen LogP contribution >= 0.6 is 23.2 Å². The third-order valence-corrected chi connectivity index (χ3v) is 4.50. The molecule has 1 aliphatic rings. The van der Waals surface area contributed by atoms with Crippen molar-refractivity contribution in [1.82, 2.24) is 0 Å². The molecule has 2 unspecified atom stereocenters. The Morgan fingerprint density at radius 2 is 2.17 bits per heavy atom. The van der Waals surface area contributed by atoms with Crippen molar-refractivity contribution in [2.45, 2.75) is 44.8 Å². The molecule has 1 aliphatic heterocycles. The molecule has 6 heteroatoms. The van der Waals surface area contributed by atoms with E-state index >= 15 is 0 Å². The zero-order chi connectivity index (χ0) is 16.7. The predicted molar refractivity (Wildman–Crippen MR) is 90.0 cm³/mol. The van der Waals surface area contributed by atoms with Crippen LogP contribution in [0.2, 0.25) is 10.0 Å². The first-order chi connectivity index (χ1) is 11.1. The molecule has 0 spiro atoms. The first kappa shape index (κ1) is 18.5. The van der Waals surface area contributed by atoms with Crippen LogP contribution in [0, 0.1) is 0 Å². The van der Waals surface area contributed by atoms with E-state index in [0.29, 0.717) is 29.7 Å². The van der Waals surface area contributed by atoms with Gasteiger partial charge in [-0.15, -0.1) is 0 Å². The number of benzene rings is 1. The van der Waals surface area contributed by atoms with E-state index in [1.54, 1.807) is 25.1 Å². The van der Waals surface area contributed by atoms with Crippen molar-refractivity contribution in [1.29, 1.82) is 0 Å². The van der Waals surface area contributed by atoms with Crippen LogP contribution in [0.15, 0.2) is 18.2 Å². The summed E-state index contributed by atoms with van der Waals surface area (Å²) >= 11 is 12.0. The standard InChI is InChI=1S/C17H22Cl2O4/c1-2-21-17(20)13(12-6-7-14(18)15(19)11-12)8-10-23-16-5-3-4-9-22-16/h6-7,11,13,16H,2-5,8-10H2,1H3. The van der Waals surface area contributed by atoms with Gasteiger partial charge in [-0.1, -0.05) is 29.3 Å². The van der Waals surface area contributed by atoms with Crippen molar-refractivity contribution < 1.29 is 19.0 Å². The van der Waals surface area contributed by atoms with Gasteiger partial charge < -0.3 is 14.2 Å². The van der Waals surface area contributed by atoms with Gasteiger partial charge >= 0.3 is 5.97 Å². The van der Waals surface area contributed by atoms with Crippen molar-refractivity contribution in [2.75, 3.05) is 19.8 Å². The quantitative estimate of drug-likeness (QED) is 0.667. The largest absolute Gasteiger partial charge is 0.466 e. The molecule has 2 atom stereocenters. The Balaban J connectivity index is 1.98. The number of halogens is 2. The van der Waals surface area contributed by atoms with Gasteiger partial charge in [-0.2, -0.15) is 0 Å². The topological polar surface area (TPSA) is 44.8 Å². The fourth-order valence-electron chi connectivity index (χ4n) is 2.55. The van der Waals surface area contributed by atoms with E-state index in [0.717, 1.165) is 31.4 Å². The molecule has 0 aromatic heterocycles. The molecule has 4 nitrogen and oxygen atoms in total. The molecular weight excluding hydrogens is 339 g/mol. The van der Waals surface area contributed by atoms with Gasteiger partial charge in [-0.05, 0) is 50.3 Å². The van der Waals surface area contributed by atoms with Gasteiger partial charge in [0, 0.05) is 6.61 Å². The van der Waals surface area contributed by atoms with Crippen molar-refractivity contribution in [3.8, 4) is 0 Å². The molecule has 0 N–H and O–H groups in total. The highest BCUT2D eigenvalue weighted by atomic mass is 35.5. The van der Waals surface area contributed by atoms with E-state index in [9.17, 15) is 4.79 Å². The molecule has 0 saturated carbocycles. The SMILES string of the molecule is CCOC(=O)C(CCOC1CCCCO1)c1ccc(Cl)c(Cl)c1. The highest BCUT2D eigenvalue weighted by molar-refractivity contribution is 6.42. The summed E-state index contributed by atoms with van der Waals surface area (Å²) in [5.41, 5.74) is 0.783. The molecule has 23 heavy (non-hydrogen) atoms. The maximum atomic E-state index is 12.2. The van der Waals surface area contributed by atoms with E-state index < -0.39 is 5.92 Å². The Morgan fingerprint density at radius 3 is 2.83 bits per heavy atom. The average Bonchev–Trinajstić information content (AvgIpc) is 2.55. The van der Waals surface area contributed by atoms with Crippen molar-refractivity contribution in [3.63, 3.8) is 0 Å². The van der Waals surface area contributed by atoms with Crippen LogP contribution < -0.4 is 0 Å². The van der Waals surface area contributed by atoms with Crippen molar-refractivity contribution in [2.24, 2.45) is 0 Å². The molecule has 0 amide bonds. The molecule has 0 aliphatic carbocycles. The van der Waals surface area contributed by atoms with Crippen molar-refractivity contribution in [3.05, 3.63) is 33.8 Å². The lowest BCUT2D eigenvalue weighted by molar-refractivity contribution is -0.165. The van der Waals surface area contributed by atoms with Gasteiger partial charge in [0.25, 0.3) is 0 Å². The first-order valence-electron chi connectivity index (χ1n) is 7.96. The number of hydrogen-bond donors (Lipinski definition) is 0. The number of ether oxygens (including phenoxy) is 3. The molecule has 0 radical (unpaired) electrons. The zero-order valence-electron chi connectivity index (χ0n) is 13.2. The molecule has 1 saturated heterocycles. The Bertz CT molecular complexity index is 515. The third-order valence-electron chi connectivity index (χ3n) is 3.77. The Morgan fingerprint density at radius 1 is 1.35 bits per heavy atom. The summed E-state index contributed by atoms with van der Waals surface area (Å²) in [4.78, 5) is 12.2. The lowest BCUT2D eigenvalue weighted by Gasteiger charge is -2.24. The summed E-state index contributed by atoms with van der Waals surface area (Å²) in [6, 6.07) is 5.20. The van der Waals surface area contributed by atoms with Gasteiger partial charge in [0.2, 0.25) is 0 Å². The molecule has 1 aromatic carbocycles. The second-order valence-electron chi connectivity index (χ2n) is 5.43. The highest BCUT2D eigenvalue weighted by Crippen LogP contribution is 2.29. The maximum Gasteiger partial charge on any atom is 0.313 e. The Kier molecular flexibility index (Phi) is 7.63. The fraction of sp³-hybridized carbons (Fsp3) is 0.588. The Hall–Kier alpha value is -0.810. The highest BCUT2D eigenvalue weighted by Gasteiger charge is 2.24. The summed E-state index contributed by atoms with van der Waals surface area (Å²) in [5, 5.41) is 0.889. The van der Waals surface area contributed by atoms with Crippen molar-refractivity contribution >= 4 is 29.2 Å². The van der Waals surface area contributed by atoms with Crippen LogP contribution in [-0.4, -0.2) is 32.1 Å². The number of esters is 1. The minimum atomic E-state index is -0.423. The summed E-state index contributed by atoms with van der Waals surface area (Å²) in [5.74, 6) is -0.702. The van der Waals surface area contributed by atoms with E-state index in [1.165, 1.54) is 0 Å². The first-order valence-corrected chi connectivity index (χ1v) is 8.72.